The van der Waals surface area contributed by atoms with Crippen LogP contribution in [0.3, 0.4) is 0 Å². The first kappa shape index (κ1) is 83.5. The number of carboxylic acids is 1. The summed E-state index contributed by atoms with van der Waals surface area (Å²) in [6.07, 6.45) is 8.12. The van der Waals surface area contributed by atoms with E-state index in [1.165, 1.54) is 0 Å². The molecule has 7 rings (SSSR count). The van der Waals surface area contributed by atoms with Gasteiger partial charge in [-0.15, -0.1) is 0 Å². The van der Waals surface area contributed by atoms with E-state index in [9.17, 15) is 46.9 Å². The Morgan fingerprint density at radius 3 is 1.69 bits per heavy atom. The molecule has 0 amide bonds. The molecule has 0 aromatic heterocycles. The Hall–Kier alpha value is -3.72. The number of ether oxygens (including phenoxy) is 7. The Kier molecular flexibility index (Phi) is 33.5. The molecule has 4 saturated heterocycles. The summed E-state index contributed by atoms with van der Waals surface area (Å²) in [5.41, 5.74) is 10.6. The summed E-state index contributed by atoms with van der Waals surface area (Å²) in [6, 6.07) is 14.4. The second-order valence-electron chi connectivity index (χ2n) is 25.5. The van der Waals surface area contributed by atoms with Gasteiger partial charge in [-0.2, -0.15) is 16.8 Å². The number of Topliss-reactive ketones (excluding diaryl/α,β-unsaturated/α-hetero) is 1. The van der Waals surface area contributed by atoms with E-state index in [2.05, 4.69) is 20.8 Å². The first-order valence-corrected chi connectivity index (χ1v) is 35.4. The summed E-state index contributed by atoms with van der Waals surface area (Å²) < 4.78 is 98.9. The zero-order valence-corrected chi connectivity index (χ0v) is 59.7. The number of carboxylic acid groups (broad SMARTS) is 1. The van der Waals surface area contributed by atoms with Gasteiger partial charge in [0.25, 0.3) is 20.2 Å². The molecule has 0 radical (unpaired) electrons. The molecule has 93 heavy (non-hydrogen) atoms. The molecule has 0 bridgehead atoms. The summed E-state index contributed by atoms with van der Waals surface area (Å²) in [4.78, 5) is 26.2. The number of aliphatic hydroxyl groups excluding tert-OH is 4. The van der Waals surface area contributed by atoms with Crippen LogP contribution in [0.2, 0.25) is 0 Å². The SMILES string of the molecule is CCC(C(=O)[O-])C1CCC(C)C(C(C)C(O)C(C)C(=O)C(CC)C2OC3(C=CC(O)C4(CCC(C)(C5CCC(O)(CC)C(C)O5)O4)O3)C(C)CC2C)O1.N=C(N)c1ccc(OCCCCCOc2ccc(C(=N)N)cc2)cc1.O=S(=O)(O)CCO.O=S(=O)(O)CCO.[Na+]. The zero-order chi connectivity index (χ0) is 69.2. The number of aliphatic hydroxyl groups is 5. The van der Waals surface area contributed by atoms with Crippen LogP contribution in [0.15, 0.2) is 60.7 Å². The summed E-state index contributed by atoms with van der Waals surface area (Å²) >= 11 is 0. The van der Waals surface area contributed by atoms with Crippen molar-refractivity contribution < 1.29 is 129 Å². The Morgan fingerprint density at radius 1 is 0.742 bits per heavy atom. The van der Waals surface area contributed by atoms with Crippen molar-refractivity contribution in [2.45, 2.75) is 218 Å². The van der Waals surface area contributed by atoms with Gasteiger partial charge >= 0.3 is 29.6 Å². The maximum atomic E-state index is 14.4. The fraction of sp³-hybridized carbons (Fsp3) is 0.723. The summed E-state index contributed by atoms with van der Waals surface area (Å²) in [6.45, 7) is 19.7. The van der Waals surface area contributed by atoms with Crippen molar-refractivity contribution in [3.8, 4) is 11.5 Å². The maximum Gasteiger partial charge on any atom is 1.00 e. The topological polar surface area (TPSA) is 431 Å². The van der Waals surface area contributed by atoms with Crippen LogP contribution in [0.1, 0.15) is 164 Å². The number of nitrogens with one attached hydrogen (secondary N) is 2. The van der Waals surface area contributed by atoms with Crippen molar-refractivity contribution in [1.82, 2.24) is 0 Å². The molecule has 5 heterocycles. The second-order valence-corrected chi connectivity index (χ2v) is 28.7. The van der Waals surface area contributed by atoms with Crippen LogP contribution in [-0.2, 0) is 53.5 Å². The average Bonchev–Trinajstić information content (AvgIpc) is 1.68. The molecule has 13 N–H and O–H groups in total. The minimum atomic E-state index is -3.92. The van der Waals surface area contributed by atoms with Crippen LogP contribution < -0.4 is 55.6 Å². The number of unbranched alkanes of at least 4 members (excludes halogenated alkanes) is 2. The number of carbonyl (C=O) groups excluding carboxylic acids is 2. The second kappa shape index (κ2) is 37.3. The number of hydrogen-bond donors (Lipinski definition) is 11. The number of nitrogens with two attached hydrogens (primary N) is 2. The molecule has 25 nitrogen and oxygen atoms in total. The summed E-state index contributed by atoms with van der Waals surface area (Å²) in [7, 11) is -7.85. The molecule has 5 aliphatic rings. The molecule has 2 spiro atoms. The molecular formula is C65H105N4NaO21S2. The fourth-order valence-electron chi connectivity index (χ4n) is 12.9. The quantitative estimate of drug-likeness (QED) is 0.0161. The average molecular weight is 1370 g/mol. The first-order valence-electron chi connectivity index (χ1n) is 32.2. The van der Waals surface area contributed by atoms with Crippen LogP contribution in [-0.4, -0.2) is 178 Å². The van der Waals surface area contributed by atoms with Crippen molar-refractivity contribution in [2.75, 3.05) is 37.9 Å². The number of carbonyl (C=O) groups is 2. The fourth-order valence-corrected chi connectivity index (χ4v) is 13.4. The molecule has 524 valence electrons. The van der Waals surface area contributed by atoms with E-state index >= 15 is 0 Å². The van der Waals surface area contributed by atoms with Crippen LogP contribution in [0.25, 0.3) is 0 Å². The monoisotopic (exact) mass is 1360 g/mol. The van der Waals surface area contributed by atoms with Gasteiger partial charge in [0.05, 0.1) is 85.8 Å². The molecule has 0 aliphatic carbocycles. The van der Waals surface area contributed by atoms with Gasteiger partial charge in [0.15, 0.2) is 5.79 Å². The predicted octanol–water partition coefficient (Wildman–Crippen LogP) is 2.47. The number of ketones is 1. The molecule has 18 atom stereocenters. The van der Waals surface area contributed by atoms with Crippen molar-refractivity contribution in [3.05, 3.63) is 71.8 Å². The number of benzene rings is 2. The smallest absolute Gasteiger partial charge is 0.550 e. The molecule has 2 aromatic carbocycles. The van der Waals surface area contributed by atoms with E-state index in [1.54, 1.807) is 43.3 Å². The molecule has 0 saturated carbocycles. The van der Waals surface area contributed by atoms with Crippen LogP contribution in [0.4, 0.5) is 0 Å². The van der Waals surface area contributed by atoms with Gasteiger partial charge in [-0.25, -0.2) is 0 Å². The van der Waals surface area contributed by atoms with Gasteiger partial charge in [-0.1, -0.05) is 55.4 Å². The van der Waals surface area contributed by atoms with E-state index in [4.69, 9.17) is 74.8 Å². The third kappa shape index (κ3) is 23.8. The number of rotatable bonds is 26. The van der Waals surface area contributed by atoms with E-state index in [-0.39, 0.29) is 77.0 Å². The Bertz CT molecular complexity index is 2840. The van der Waals surface area contributed by atoms with E-state index < -0.39 is 128 Å². The van der Waals surface area contributed by atoms with Crippen LogP contribution >= 0.6 is 0 Å². The van der Waals surface area contributed by atoms with E-state index in [0.717, 1.165) is 37.2 Å². The molecular weight excluding hydrogens is 1260 g/mol. The Balaban J connectivity index is 0.000000462. The third-order valence-electron chi connectivity index (χ3n) is 18.8. The number of hydrogen-bond acceptors (Lipinski definition) is 21. The standard InChI is InChI=1S/C42H70O11.C19H24N4O2.2C2H6O4S.Na/c1-11-29(38(46)47)31-15-14-23(4)36(50-31)27(8)34(44)26(7)35(45)30(12-2)37-24(5)22-25(6)41(51-37)19-16-32(43)42(53-41)21-20-39(10,52-42)33-17-18-40(48,13-3)28(9)49-33;20-18(21)14-4-8-16(9-5-14)24-12-2-1-3-13-25-17-10-6-15(7-11-17)19(22)23;2*3-1-2-7(4,5)6;/h16,19,23-34,36-37,43-44,48H,11-15,17-18,20-22H2,1-10H3,(H,46,47);4-11H,1-3,12-13H2,(H3,20,21)(H3,22,23);2*3H,1-2H2,(H,4,5,6);/q;;;;+1/p-1. The van der Waals surface area contributed by atoms with Gasteiger partial charge in [0.2, 0.25) is 5.79 Å². The molecule has 2 aromatic rings. The van der Waals surface area contributed by atoms with E-state index in [1.807, 2.05) is 65.8 Å². The van der Waals surface area contributed by atoms with Crippen molar-refractivity contribution in [3.63, 3.8) is 0 Å². The van der Waals surface area contributed by atoms with Gasteiger partial charge < -0.3 is 80.1 Å². The normalized spacial score (nSPS) is 30.8. The molecule has 5 aliphatic heterocycles. The summed E-state index contributed by atoms with van der Waals surface area (Å²) in [5.74, 6) is -5.70. The van der Waals surface area contributed by atoms with Crippen molar-refractivity contribution in [1.29, 1.82) is 10.8 Å². The predicted molar refractivity (Wildman–Crippen MR) is 343 cm³/mol. The Labute approximate surface area is 572 Å². The maximum absolute atomic E-state index is 14.4. The molecule has 28 heteroatoms. The van der Waals surface area contributed by atoms with Gasteiger partial charge in [-0.05, 0) is 163 Å². The Morgan fingerprint density at radius 2 is 1.26 bits per heavy atom. The largest absolute Gasteiger partial charge is 1.00 e. The third-order valence-corrected chi connectivity index (χ3v) is 20.2. The van der Waals surface area contributed by atoms with E-state index in [0.29, 0.717) is 82.1 Å². The molecule has 18 unspecified atom stereocenters. The zero-order valence-electron chi connectivity index (χ0n) is 56.1. The molecule has 4 fully saturated rings. The van der Waals surface area contributed by atoms with Crippen molar-refractivity contribution >= 4 is 43.7 Å². The van der Waals surface area contributed by atoms with Gasteiger partial charge in [0, 0.05) is 53.1 Å². The van der Waals surface area contributed by atoms with Gasteiger partial charge in [-0.3, -0.25) is 24.7 Å². The van der Waals surface area contributed by atoms with Gasteiger partial charge in [0.1, 0.15) is 35.1 Å². The van der Waals surface area contributed by atoms with Crippen LogP contribution in [0.5, 0.6) is 11.5 Å². The number of nitrogen functional groups attached to an aromatic ring is 2. The van der Waals surface area contributed by atoms with Crippen LogP contribution in [0, 0.1) is 52.2 Å². The summed E-state index contributed by atoms with van der Waals surface area (Å²) in [5, 5.41) is 76.4. The first-order chi connectivity index (χ1) is 43.0. The van der Waals surface area contributed by atoms with Crippen molar-refractivity contribution in [2.24, 2.45) is 52.9 Å². The minimum absolute atomic E-state index is 0. The number of amidine groups is 2. The number of aliphatic carboxylic acids is 1. The minimum Gasteiger partial charge on any atom is -0.550 e.